The van der Waals surface area contributed by atoms with Gasteiger partial charge in [0.1, 0.15) is 11.4 Å². The van der Waals surface area contributed by atoms with Crippen molar-refractivity contribution in [3.63, 3.8) is 0 Å². The van der Waals surface area contributed by atoms with E-state index in [0.29, 0.717) is 6.54 Å². The van der Waals surface area contributed by atoms with E-state index in [2.05, 4.69) is 10.6 Å². The Labute approximate surface area is 120 Å². The van der Waals surface area contributed by atoms with Gasteiger partial charge in [-0.25, -0.2) is 4.79 Å². The quantitative estimate of drug-likeness (QED) is 0.870. The van der Waals surface area contributed by atoms with Gasteiger partial charge >= 0.3 is 6.09 Å². The fraction of sp³-hybridized carbons (Fsp3) is 0.533. The maximum atomic E-state index is 11.6. The van der Waals surface area contributed by atoms with E-state index in [1.807, 2.05) is 52.0 Å². The fourth-order valence-electron chi connectivity index (χ4n) is 1.63. The molecular weight excluding hydrogens is 256 g/mol. The highest BCUT2D eigenvalue weighted by molar-refractivity contribution is 5.67. The first-order valence-electron chi connectivity index (χ1n) is 6.68. The van der Waals surface area contributed by atoms with Gasteiger partial charge in [0.2, 0.25) is 0 Å². The van der Waals surface area contributed by atoms with Crippen molar-refractivity contribution in [2.24, 2.45) is 0 Å². The zero-order chi connectivity index (χ0) is 15.2. The minimum Gasteiger partial charge on any atom is -0.495 e. The van der Waals surface area contributed by atoms with E-state index in [0.717, 1.165) is 11.4 Å². The summed E-state index contributed by atoms with van der Waals surface area (Å²) in [5.74, 6) is 0.775. The maximum Gasteiger partial charge on any atom is 0.407 e. The number of alkyl carbamates (subject to hydrolysis) is 1. The van der Waals surface area contributed by atoms with Gasteiger partial charge in [0.25, 0.3) is 0 Å². The summed E-state index contributed by atoms with van der Waals surface area (Å²) in [6.07, 6.45) is -0.411. The number of hydrogen-bond acceptors (Lipinski definition) is 4. The molecule has 1 amide bonds. The summed E-state index contributed by atoms with van der Waals surface area (Å²) < 4.78 is 10.4. The molecule has 1 aromatic rings. The van der Waals surface area contributed by atoms with Gasteiger partial charge in [0, 0.05) is 12.6 Å². The van der Waals surface area contributed by atoms with Gasteiger partial charge in [-0.3, -0.25) is 0 Å². The first-order valence-corrected chi connectivity index (χ1v) is 6.68. The number of rotatable bonds is 5. The molecular formula is C15H24N2O3. The number of nitrogens with one attached hydrogen (secondary N) is 2. The van der Waals surface area contributed by atoms with Crippen LogP contribution in [0.2, 0.25) is 0 Å². The molecule has 0 radical (unpaired) electrons. The van der Waals surface area contributed by atoms with Crippen molar-refractivity contribution in [1.29, 1.82) is 0 Å². The molecule has 0 heterocycles. The van der Waals surface area contributed by atoms with Crippen LogP contribution in [0.4, 0.5) is 10.5 Å². The molecule has 0 fully saturated rings. The number of benzene rings is 1. The predicted molar refractivity (Wildman–Crippen MR) is 80.3 cm³/mol. The van der Waals surface area contributed by atoms with Gasteiger partial charge < -0.3 is 20.1 Å². The molecule has 0 aliphatic rings. The van der Waals surface area contributed by atoms with E-state index in [-0.39, 0.29) is 6.04 Å². The number of ether oxygens (including phenoxy) is 2. The number of anilines is 1. The molecule has 0 saturated carbocycles. The Bertz CT molecular complexity index is 441. The van der Waals surface area contributed by atoms with Gasteiger partial charge in [0.05, 0.1) is 12.8 Å². The summed E-state index contributed by atoms with van der Waals surface area (Å²) in [5, 5.41) is 6.02. The standard InChI is InChI=1S/C15H24N2O3/c1-11(10-16-14(18)20-15(2,3)4)17-12-8-6-7-9-13(12)19-5/h6-9,11,17H,10H2,1-5H3,(H,16,18). The predicted octanol–water partition coefficient (Wildman–Crippen LogP) is 3.02. The SMILES string of the molecule is COc1ccccc1NC(C)CNC(=O)OC(C)(C)C. The van der Waals surface area contributed by atoms with Crippen molar-refractivity contribution in [1.82, 2.24) is 5.32 Å². The molecule has 112 valence electrons. The monoisotopic (exact) mass is 280 g/mol. The van der Waals surface area contributed by atoms with Crippen LogP contribution in [-0.2, 0) is 4.74 Å². The Morgan fingerprint density at radius 3 is 2.55 bits per heavy atom. The topological polar surface area (TPSA) is 59.6 Å². The van der Waals surface area contributed by atoms with E-state index in [1.165, 1.54) is 0 Å². The highest BCUT2D eigenvalue weighted by atomic mass is 16.6. The molecule has 0 spiro atoms. The Morgan fingerprint density at radius 2 is 1.95 bits per heavy atom. The average Bonchev–Trinajstić information content (AvgIpc) is 2.35. The Kier molecular flexibility index (Phi) is 5.67. The lowest BCUT2D eigenvalue weighted by Gasteiger charge is -2.22. The van der Waals surface area contributed by atoms with Crippen molar-refractivity contribution < 1.29 is 14.3 Å². The van der Waals surface area contributed by atoms with E-state index >= 15 is 0 Å². The molecule has 1 aromatic carbocycles. The second-order valence-electron chi connectivity index (χ2n) is 5.63. The largest absolute Gasteiger partial charge is 0.495 e. The first kappa shape index (κ1) is 16.1. The van der Waals surface area contributed by atoms with Crippen molar-refractivity contribution >= 4 is 11.8 Å². The lowest BCUT2D eigenvalue weighted by molar-refractivity contribution is 0.0526. The molecule has 0 aliphatic heterocycles. The highest BCUT2D eigenvalue weighted by Gasteiger charge is 2.16. The zero-order valence-corrected chi connectivity index (χ0v) is 12.8. The van der Waals surface area contributed by atoms with Crippen LogP contribution in [0.1, 0.15) is 27.7 Å². The molecule has 5 heteroatoms. The van der Waals surface area contributed by atoms with Gasteiger partial charge in [-0.05, 0) is 39.8 Å². The third-order valence-corrected chi connectivity index (χ3v) is 2.46. The van der Waals surface area contributed by atoms with Crippen LogP contribution >= 0.6 is 0 Å². The molecule has 0 saturated heterocycles. The molecule has 0 aromatic heterocycles. The van der Waals surface area contributed by atoms with Gasteiger partial charge in [-0.1, -0.05) is 12.1 Å². The smallest absolute Gasteiger partial charge is 0.407 e. The number of hydrogen-bond donors (Lipinski definition) is 2. The molecule has 5 nitrogen and oxygen atoms in total. The number of para-hydroxylation sites is 2. The normalized spacial score (nSPS) is 12.4. The van der Waals surface area contributed by atoms with Crippen molar-refractivity contribution in [2.75, 3.05) is 19.0 Å². The Balaban J connectivity index is 2.44. The van der Waals surface area contributed by atoms with Crippen LogP contribution in [-0.4, -0.2) is 31.4 Å². The third-order valence-electron chi connectivity index (χ3n) is 2.46. The summed E-state index contributed by atoms with van der Waals surface area (Å²) in [7, 11) is 1.63. The lowest BCUT2D eigenvalue weighted by Crippen LogP contribution is -2.38. The number of carbonyl (C=O) groups excluding carboxylic acids is 1. The molecule has 0 bridgehead atoms. The maximum absolute atomic E-state index is 11.6. The third kappa shape index (κ3) is 5.82. The minimum absolute atomic E-state index is 0.0545. The number of carbonyl (C=O) groups is 1. The minimum atomic E-state index is -0.483. The summed E-state index contributed by atoms with van der Waals surface area (Å²) in [5.41, 5.74) is 0.414. The van der Waals surface area contributed by atoms with Gasteiger partial charge in [-0.2, -0.15) is 0 Å². The second-order valence-corrected chi connectivity index (χ2v) is 5.63. The molecule has 1 atom stereocenters. The molecule has 1 unspecified atom stereocenters. The van der Waals surface area contributed by atoms with Crippen molar-refractivity contribution in [3.8, 4) is 5.75 Å². The fourth-order valence-corrected chi connectivity index (χ4v) is 1.63. The average molecular weight is 280 g/mol. The second kappa shape index (κ2) is 7.03. The summed E-state index contributed by atoms with van der Waals surface area (Å²) in [6.45, 7) is 7.95. The van der Waals surface area contributed by atoms with Crippen LogP contribution < -0.4 is 15.4 Å². The molecule has 20 heavy (non-hydrogen) atoms. The summed E-state index contributed by atoms with van der Waals surface area (Å²) >= 11 is 0. The van der Waals surface area contributed by atoms with Gasteiger partial charge in [-0.15, -0.1) is 0 Å². The van der Waals surface area contributed by atoms with Crippen LogP contribution in [0.25, 0.3) is 0 Å². The zero-order valence-electron chi connectivity index (χ0n) is 12.8. The molecule has 1 rings (SSSR count). The lowest BCUT2D eigenvalue weighted by atomic mass is 10.2. The number of methoxy groups -OCH3 is 1. The van der Waals surface area contributed by atoms with Crippen molar-refractivity contribution in [2.45, 2.75) is 39.3 Å². The highest BCUT2D eigenvalue weighted by Crippen LogP contribution is 2.23. The molecule has 2 N–H and O–H groups in total. The van der Waals surface area contributed by atoms with E-state index in [9.17, 15) is 4.79 Å². The van der Waals surface area contributed by atoms with E-state index < -0.39 is 11.7 Å². The van der Waals surface area contributed by atoms with Crippen molar-refractivity contribution in [3.05, 3.63) is 24.3 Å². The Hall–Kier alpha value is -1.91. The van der Waals surface area contributed by atoms with Crippen LogP contribution in [0.15, 0.2) is 24.3 Å². The number of amides is 1. The van der Waals surface area contributed by atoms with Crippen LogP contribution in [0.5, 0.6) is 5.75 Å². The van der Waals surface area contributed by atoms with E-state index in [4.69, 9.17) is 9.47 Å². The summed E-state index contributed by atoms with van der Waals surface area (Å²) in [6, 6.07) is 7.71. The van der Waals surface area contributed by atoms with Gasteiger partial charge in [0.15, 0.2) is 0 Å². The van der Waals surface area contributed by atoms with Crippen LogP contribution in [0.3, 0.4) is 0 Å². The molecule has 0 aliphatic carbocycles. The van der Waals surface area contributed by atoms with Crippen LogP contribution in [0, 0.1) is 0 Å². The Morgan fingerprint density at radius 1 is 1.30 bits per heavy atom. The summed E-state index contributed by atoms with van der Waals surface area (Å²) in [4.78, 5) is 11.6. The first-order chi connectivity index (χ1) is 9.31. The van der Waals surface area contributed by atoms with E-state index in [1.54, 1.807) is 7.11 Å².